The molecule has 1 unspecified atom stereocenters. The van der Waals surface area contributed by atoms with Gasteiger partial charge in [-0.3, -0.25) is 4.31 Å². The number of halogens is 5. The zero-order valence-electron chi connectivity index (χ0n) is 20.8. The molecule has 0 spiro atoms. The van der Waals surface area contributed by atoms with Crippen molar-refractivity contribution < 1.29 is 30.8 Å². The van der Waals surface area contributed by atoms with Crippen LogP contribution < -0.4 is 14.9 Å². The van der Waals surface area contributed by atoms with Crippen LogP contribution >= 0.6 is 11.6 Å². The first kappa shape index (κ1) is 28.4. The van der Waals surface area contributed by atoms with Gasteiger partial charge in [0.1, 0.15) is 5.82 Å². The van der Waals surface area contributed by atoms with E-state index in [1.807, 2.05) is 0 Å². The molecule has 206 valence electrons. The van der Waals surface area contributed by atoms with Crippen molar-refractivity contribution in [1.82, 2.24) is 10.6 Å². The molecular formula is C27H24ClF4N3O3S. The van der Waals surface area contributed by atoms with E-state index in [1.54, 1.807) is 37.3 Å². The third-order valence-electron chi connectivity index (χ3n) is 6.28. The molecule has 0 aliphatic carbocycles. The van der Waals surface area contributed by atoms with E-state index in [4.69, 9.17) is 11.6 Å². The van der Waals surface area contributed by atoms with E-state index in [0.717, 1.165) is 22.5 Å². The van der Waals surface area contributed by atoms with Crippen LogP contribution in [0.15, 0.2) is 65.6 Å². The molecule has 1 atom stereocenters. The molecule has 0 saturated carbocycles. The van der Waals surface area contributed by atoms with Gasteiger partial charge in [-0.15, -0.1) is 0 Å². The molecule has 3 aromatic carbocycles. The van der Waals surface area contributed by atoms with Crippen molar-refractivity contribution in [3.8, 4) is 0 Å². The van der Waals surface area contributed by atoms with E-state index in [9.17, 15) is 30.8 Å². The zero-order valence-corrected chi connectivity index (χ0v) is 22.4. The zero-order chi connectivity index (χ0) is 28.5. The summed E-state index contributed by atoms with van der Waals surface area (Å²) in [5.41, 5.74) is 0.892. The minimum atomic E-state index is -4.74. The number of carbonyl (C=O) groups is 1. The third-order valence-corrected chi connectivity index (χ3v) is 8.37. The summed E-state index contributed by atoms with van der Waals surface area (Å²) in [6, 6.07) is 11.5. The Kier molecular flexibility index (Phi) is 7.94. The Morgan fingerprint density at radius 3 is 2.49 bits per heavy atom. The van der Waals surface area contributed by atoms with Gasteiger partial charge in [0, 0.05) is 12.6 Å². The molecule has 6 nitrogen and oxygen atoms in total. The van der Waals surface area contributed by atoms with E-state index in [-0.39, 0.29) is 29.2 Å². The number of hydrogen-bond acceptors (Lipinski definition) is 3. The van der Waals surface area contributed by atoms with Crippen molar-refractivity contribution in [2.75, 3.05) is 17.9 Å². The number of fused-ring (bicyclic) bond motifs is 1. The van der Waals surface area contributed by atoms with Crippen LogP contribution in [-0.4, -0.2) is 34.1 Å². The summed E-state index contributed by atoms with van der Waals surface area (Å²) in [5.74, 6) is -0.522. The number of rotatable bonds is 5. The quantitative estimate of drug-likeness (QED) is 0.282. The summed E-state index contributed by atoms with van der Waals surface area (Å²) in [4.78, 5) is 11.4. The molecule has 4 rings (SSSR count). The van der Waals surface area contributed by atoms with E-state index >= 15 is 0 Å². The molecular weight excluding hydrogens is 558 g/mol. The van der Waals surface area contributed by atoms with E-state index in [0.29, 0.717) is 22.8 Å². The molecule has 2 N–H and O–H groups in total. The topological polar surface area (TPSA) is 78.5 Å². The highest BCUT2D eigenvalue weighted by Crippen LogP contribution is 2.36. The Balaban J connectivity index is 1.81. The summed E-state index contributed by atoms with van der Waals surface area (Å²) in [5, 5.41) is 5.29. The number of sulfonamides is 1. The lowest BCUT2D eigenvalue weighted by atomic mass is 9.96. The largest absolute Gasteiger partial charge is 0.416 e. The molecule has 0 bridgehead atoms. The SMILES string of the molecule is CNC(=O)NC1Cc2ccc(C=C(C)c3c(F)cccc3Cl)cc2N(S(=O)(=O)c2cccc(C(F)(F)F)c2)C1. The highest BCUT2D eigenvalue weighted by molar-refractivity contribution is 7.92. The molecule has 0 aromatic heterocycles. The summed E-state index contributed by atoms with van der Waals surface area (Å²) < 4.78 is 82.9. The number of carbonyl (C=O) groups excluding carboxylic acids is 1. The fourth-order valence-corrected chi connectivity index (χ4v) is 6.34. The molecule has 39 heavy (non-hydrogen) atoms. The van der Waals surface area contributed by atoms with Gasteiger partial charge in [-0.1, -0.05) is 41.9 Å². The Hall–Kier alpha value is -3.57. The Morgan fingerprint density at radius 1 is 1.10 bits per heavy atom. The van der Waals surface area contributed by atoms with Crippen molar-refractivity contribution >= 4 is 45.0 Å². The van der Waals surface area contributed by atoms with Gasteiger partial charge in [0.25, 0.3) is 10.0 Å². The molecule has 1 aliphatic rings. The number of benzene rings is 3. The Bertz CT molecular complexity index is 1540. The van der Waals surface area contributed by atoms with E-state index in [2.05, 4.69) is 10.6 Å². The van der Waals surface area contributed by atoms with Crippen LogP contribution in [0.5, 0.6) is 0 Å². The second-order valence-electron chi connectivity index (χ2n) is 9.00. The molecule has 0 saturated heterocycles. The lowest BCUT2D eigenvalue weighted by molar-refractivity contribution is -0.137. The second kappa shape index (κ2) is 10.9. The fourth-order valence-electron chi connectivity index (χ4n) is 4.44. The van der Waals surface area contributed by atoms with Crippen molar-refractivity contribution in [3.63, 3.8) is 0 Å². The van der Waals surface area contributed by atoms with Crippen LogP contribution in [0.3, 0.4) is 0 Å². The summed E-state index contributed by atoms with van der Waals surface area (Å²) in [6.45, 7) is 1.44. The lowest BCUT2D eigenvalue weighted by Gasteiger charge is -2.36. The number of urea groups is 1. The normalized spacial score (nSPS) is 16.0. The maximum Gasteiger partial charge on any atom is 0.416 e. The van der Waals surface area contributed by atoms with Crippen LogP contribution in [0.2, 0.25) is 5.02 Å². The summed E-state index contributed by atoms with van der Waals surface area (Å²) in [6.07, 6.45) is -2.83. The van der Waals surface area contributed by atoms with Crippen LogP contribution in [-0.2, 0) is 22.6 Å². The fraction of sp³-hybridized carbons (Fsp3) is 0.222. The Labute approximate surface area is 228 Å². The van der Waals surface area contributed by atoms with Crippen molar-refractivity contribution in [2.45, 2.75) is 30.5 Å². The highest BCUT2D eigenvalue weighted by Gasteiger charge is 2.36. The monoisotopic (exact) mass is 581 g/mol. The number of amides is 2. The predicted octanol–water partition coefficient (Wildman–Crippen LogP) is 6.11. The molecule has 0 radical (unpaired) electrons. The van der Waals surface area contributed by atoms with Crippen molar-refractivity contribution in [3.05, 3.63) is 93.8 Å². The predicted molar refractivity (Wildman–Crippen MR) is 142 cm³/mol. The number of anilines is 1. The van der Waals surface area contributed by atoms with Crippen LogP contribution in [0.1, 0.15) is 29.2 Å². The lowest BCUT2D eigenvalue weighted by Crippen LogP contribution is -2.52. The van der Waals surface area contributed by atoms with Gasteiger partial charge >= 0.3 is 12.2 Å². The maximum atomic E-state index is 14.4. The maximum absolute atomic E-state index is 14.4. The number of nitrogens with zero attached hydrogens (tertiary/aromatic N) is 1. The number of alkyl halides is 3. The number of hydrogen-bond donors (Lipinski definition) is 2. The van der Waals surface area contributed by atoms with Crippen molar-refractivity contribution in [1.29, 1.82) is 0 Å². The molecule has 12 heteroatoms. The van der Waals surface area contributed by atoms with Gasteiger partial charge in [-0.05, 0) is 66.4 Å². The van der Waals surface area contributed by atoms with Crippen LogP contribution in [0.4, 0.5) is 28.0 Å². The standard InChI is InChI=1S/C27H24ClF4N3O3S/c1-16(25-22(28)7-4-8-23(25)29)11-17-9-10-18-13-20(34-26(36)33-2)15-35(24(18)12-17)39(37,38)21-6-3-5-19(14-21)27(30,31)32/h3-12,14,20H,13,15H2,1-2H3,(H2,33,34,36). The molecule has 0 fully saturated rings. The molecule has 1 heterocycles. The van der Waals surface area contributed by atoms with Crippen LogP contribution in [0, 0.1) is 5.82 Å². The average molecular weight is 582 g/mol. The smallest absolute Gasteiger partial charge is 0.341 e. The number of nitrogens with one attached hydrogen (secondary N) is 2. The van der Waals surface area contributed by atoms with Gasteiger partial charge in [0.15, 0.2) is 0 Å². The summed E-state index contributed by atoms with van der Waals surface area (Å²) >= 11 is 6.18. The first-order valence-electron chi connectivity index (χ1n) is 11.7. The summed E-state index contributed by atoms with van der Waals surface area (Å²) in [7, 11) is -3.08. The van der Waals surface area contributed by atoms with Gasteiger partial charge in [0.05, 0.1) is 33.8 Å². The van der Waals surface area contributed by atoms with Gasteiger partial charge in [-0.25, -0.2) is 17.6 Å². The van der Waals surface area contributed by atoms with Gasteiger partial charge in [0.2, 0.25) is 0 Å². The molecule has 3 aromatic rings. The minimum Gasteiger partial charge on any atom is -0.341 e. The highest BCUT2D eigenvalue weighted by atomic mass is 35.5. The van der Waals surface area contributed by atoms with Gasteiger partial charge < -0.3 is 10.6 Å². The average Bonchev–Trinajstić information content (AvgIpc) is 2.87. The van der Waals surface area contributed by atoms with E-state index in [1.165, 1.54) is 19.2 Å². The van der Waals surface area contributed by atoms with Crippen molar-refractivity contribution in [2.24, 2.45) is 0 Å². The first-order chi connectivity index (χ1) is 18.3. The number of allylic oxidation sites excluding steroid dienone is 1. The molecule has 1 aliphatic heterocycles. The Morgan fingerprint density at radius 2 is 1.82 bits per heavy atom. The minimum absolute atomic E-state index is 0.195. The molecule has 2 amide bonds. The third kappa shape index (κ3) is 6.04. The van der Waals surface area contributed by atoms with Crippen LogP contribution in [0.25, 0.3) is 11.6 Å². The second-order valence-corrected chi connectivity index (χ2v) is 11.3. The first-order valence-corrected chi connectivity index (χ1v) is 13.6. The van der Waals surface area contributed by atoms with E-state index < -0.39 is 44.5 Å². The van der Waals surface area contributed by atoms with Gasteiger partial charge in [-0.2, -0.15) is 13.2 Å².